The Labute approximate surface area is 118 Å². The lowest BCUT2D eigenvalue weighted by Gasteiger charge is -2.19. The van der Waals surface area contributed by atoms with Crippen LogP contribution in [-0.4, -0.2) is 16.2 Å². The van der Waals surface area contributed by atoms with Gasteiger partial charge in [-0.15, -0.1) is 0 Å². The van der Waals surface area contributed by atoms with Crippen molar-refractivity contribution in [2.45, 2.75) is 18.6 Å². The Morgan fingerprint density at radius 2 is 1.85 bits per heavy atom. The van der Waals surface area contributed by atoms with Gasteiger partial charge in [-0.25, -0.2) is 0 Å². The maximum atomic E-state index is 10.3. The fourth-order valence-electron chi connectivity index (χ4n) is 2.48. The molecule has 1 aromatic heterocycles. The van der Waals surface area contributed by atoms with Gasteiger partial charge < -0.3 is 15.8 Å². The van der Waals surface area contributed by atoms with Crippen LogP contribution in [0.2, 0.25) is 0 Å². The molecule has 0 unspecified atom stereocenters. The molecule has 2 aromatic carbocycles. The highest BCUT2D eigenvalue weighted by Gasteiger charge is 2.17. The zero-order valence-electron chi connectivity index (χ0n) is 11.2. The summed E-state index contributed by atoms with van der Waals surface area (Å²) in [6.45, 7) is 0. The van der Waals surface area contributed by atoms with Gasteiger partial charge in [-0.1, -0.05) is 36.4 Å². The van der Waals surface area contributed by atoms with Crippen LogP contribution in [0, 0.1) is 0 Å². The van der Waals surface area contributed by atoms with Crippen molar-refractivity contribution in [1.82, 2.24) is 4.98 Å². The first-order chi connectivity index (χ1) is 9.74. The lowest BCUT2D eigenvalue weighted by Crippen LogP contribution is -2.28. The van der Waals surface area contributed by atoms with Crippen molar-refractivity contribution in [3.05, 3.63) is 71.9 Å². The fourth-order valence-corrected chi connectivity index (χ4v) is 2.48. The molecule has 3 heteroatoms. The molecule has 1 heterocycles. The molecule has 0 radical (unpaired) electrons. The van der Waals surface area contributed by atoms with Crippen LogP contribution in [0.25, 0.3) is 10.9 Å². The third-order valence-electron chi connectivity index (χ3n) is 3.66. The monoisotopic (exact) mass is 266 g/mol. The highest BCUT2D eigenvalue weighted by Crippen LogP contribution is 2.22. The van der Waals surface area contributed by atoms with Crippen molar-refractivity contribution >= 4 is 10.9 Å². The van der Waals surface area contributed by atoms with E-state index in [2.05, 4.69) is 4.98 Å². The van der Waals surface area contributed by atoms with E-state index in [1.165, 1.54) is 0 Å². The van der Waals surface area contributed by atoms with Crippen LogP contribution in [0.1, 0.15) is 17.2 Å². The van der Waals surface area contributed by atoms with Crippen LogP contribution >= 0.6 is 0 Å². The Hall–Kier alpha value is -2.10. The zero-order chi connectivity index (χ0) is 13.9. The summed E-state index contributed by atoms with van der Waals surface area (Å²) in [7, 11) is 0. The number of aromatic amines is 1. The van der Waals surface area contributed by atoms with E-state index < -0.39 is 6.10 Å². The van der Waals surface area contributed by atoms with Crippen molar-refractivity contribution in [2.24, 2.45) is 5.73 Å². The number of benzene rings is 2. The Bertz CT molecular complexity index is 690. The van der Waals surface area contributed by atoms with E-state index >= 15 is 0 Å². The molecule has 0 fully saturated rings. The van der Waals surface area contributed by atoms with Crippen LogP contribution in [0.15, 0.2) is 60.8 Å². The number of fused-ring (bicyclic) bond motifs is 1. The summed E-state index contributed by atoms with van der Waals surface area (Å²) in [6, 6.07) is 17.6. The predicted molar refractivity (Wildman–Crippen MR) is 81.4 cm³/mol. The fraction of sp³-hybridized carbons (Fsp3) is 0.176. The molecule has 0 aliphatic carbocycles. The first-order valence-electron chi connectivity index (χ1n) is 6.78. The quantitative estimate of drug-likeness (QED) is 0.680. The Morgan fingerprint density at radius 1 is 1.05 bits per heavy atom. The second-order valence-corrected chi connectivity index (χ2v) is 5.11. The van der Waals surface area contributed by atoms with Crippen LogP contribution < -0.4 is 5.73 Å². The molecule has 20 heavy (non-hydrogen) atoms. The second-order valence-electron chi connectivity index (χ2n) is 5.11. The number of hydrogen-bond donors (Lipinski definition) is 3. The van der Waals surface area contributed by atoms with Gasteiger partial charge in [0, 0.05) is 18.1 Å². The molecular formula is C17H18N2O. The van der Waals surface area contributed by atoms with E-state index in [1.54, 1.807) is 0 Å². The van der Waals surface area contributed by atoms with Gasteiger partial charge in [0.1, 0.15) is 0 Å². The number of aliphatic hydroxyl groups excluding tert-OH is 1. The molecule has 0 aliphatic heterocycles. The van der Waals surface area contributed by atoms with Gasteiger partial charge in [-0.3, -0.25) is 0 Å². The number of rotatable bonds is 4. The van der Waals surface area contributed by atoms with E-state index in [9.17, 15) is 5.11 Å². The third kappa shape index (κ3) is 2.59. The highest BCUT2D eigenvalue weighted by atomic mass is 16.3. The van der Waals surface area contributed by atoms with Crippen LogP contribution in [0.3, 0.4) is 0 Å². The molecule has 4 N–H and O–H groups in total. The minimum absolute atomic E-state index is 0.380. The molecule has 2 atom stereocenters. The maximum Gasteiger partial charge on any atom is 0.0773 e. The molecular weight excluding hydrogens is 248 g/mol. The maximum absolute atomic E-state index is 10.3. The molecule has 102 valence electrons. The molecule has 0 saturated heterocycles. The summed E-state index contributed by atoms with van der Waals surface area (Å²) in [6.07, 6.45) is 1.88. The Kier molecular flexibility index (Phi) is 3.54. The smallest absolute Gasteiger partial charge is 0.0773 e. The molecule has 3 rings (SSSR count). The van der Waals surface area contributed by atoms with Crippen molar-refractivity contribution in [2.75, 3.05) is 0 Å². The normalized spacial score (nSPS) is 14.3. The first-order valence-corrected chi connectivity index (χ1v) is 6.78. The van der Waals surface area contributed by atoms with E-state index in [4.69, 9.17) is 5.73 Å². The Morgan fingerprint density at radius 3 is 2.65 bits per heavy atom. The third-order valence-corrected chi connectivity index (χ3v) is 3.66. The van der Waals surface area contributed by atoms with E-state index in [1.807, 2.05) is 60.8 Å². The van der Waals surface area contributed by atoms with Gasteiger partial charge in [-0.2, -0.15) is 0 Å². The Balaban J connectivity index is 1.78. The van der Waals surface area contributed by atoms with Gasteiger partial charge in [-0.05, 0) is 34.7 Å². The summed E-state index contributed by atoms with van der Waals surface area (Å²) in [5.74, 6) is 0. The van der Waals surface area contributed by atoms with Crippen LogP contribution in [-0.2, 0) is 6.42 Å². The number of H-pyrrole nitrogens is 1. The summed E-state index contributed by atoms with van der Waals surface area (Å²) >= 11 is 0. The van der Waals surface area contributed by atoms with Crippen LogP contribution in [0.5, 0.6) is 0 Å². The lowest BCUT2D eigenvalue weighted by atomic mass is 9.96. The topological polar surface area (TPSA) is 62.0 Å². The van der Waals surface area contributed by atoms with Crippen molar-refractivity contribution in [3.8, 4) is 0 Å². The van der Waals surface area contributed by atoms with Gasteiger partial charge in [0.25, 0.3) is 0 Å². The van der Waals surface area contributed by atoms with E-state index in [0.29, 0.717) is 6.42 Å². The lowest BCUT2D eigenvalue weighted by molar-refractivity contribution is 0.145. The number of aliphatic hydroxyl groups is 1. The summed E-state index contributed by atoms with van der Waals surface area (Å²) in [4.78, 5) is 3.15. The number of nitrogens with one attached hydrogen (secondary N) is 1. The largest absolute Gasteiger partial charge is 0.391 e. The first kappa shape index (κ1) is 12.9. The van der Waals surface area contributed by atoms with Gasteiger partial charge in [0.2, 0.25) is 0 Å². The summed E-state index contributed by atoms with van der Waals surface area (Å²) < 4.78 is 0. The standard InChI is InChI=1S/C17H18N2O/c18-17(16(20)10-12-4-2-1-3-5-12)14-6-7-15-13(11-14)8-9-19-15/h1-9,11,16-17,19-20H,10,18H2/t16-,17+/m0/s1. The molecule has 0 saturated carbocycles. The number of hydrogen-bond acceptors (Lipinski definition) is 2. The minimum atomic E-state index is -0.589. The average molecular weight is 266 g/mol. The minimum Gasteiger partial charge on any atom is -0.391 e. The van der Waals surface area contributed by atoms with E-state index in [0.717, 1.165) is 22.0 Å². The second kappa shape index (κ2) is 5.49. The van der Waals surface area contributed by atoms with Crippen molar-refractivity contribution < 1.29 is 5.11 Å². The number of aromatic nitrogens is 1. The average Bonchev–Trinajstić information content (AvgIpc) is 2.94. The molecule has 3 aromatic rings. The van der Waals surface area contributed by atoms with Gasteiger partial charge in [0.15, 0.2) is 0 Å². The van der Waals surface area contributed by atoms with Crippen LogP contribution in [0.4, 0.5) is 0 Å². The molecule has 0 aliphatic rings. The number of nitrogens with two attached hydrogens (primary N) is 1. The predicted octanol–water partition coefficient (Wildman–Crippen LogP) is 2.77. The molecule has 3 nitrogen and oxygen atoms in total. The molecule has 0 amide bonds. The van der Waals surface area contributed by atoms with Gasteiger partial charge >= 0.3 is 0 Å². The highest BCUT2D eigenvalue weighted by molar-refractivity contribution is 5.80. The summed E-state index contributed by atoms with van der Waals surface area (Å²) in [5, 5.41) is 11.4. The van der Waals surface area contributed by atoms with Crippen molar-refractivity contribution in [3.63, 3.8) is 0 Å². The summed E-state index contributed by atoms with van der Waals surface area (Å²) in [5.41, 5.74) is 9.32. The van der Waals surface area contributed by atoms with E-state index in [-0.39, 0.29) is 6.04 Å². The molecule has 0 bridgehead atoms. The zero-order valence-corrected chi connectivity index (χ0v) is 11.2. The van der Waals surface area contributed by atoms with Gasteiger partial charge in [0.05, 0.1) is 12.1 Å². The SMILES string of the molecule is N[C@H](c1ccc2[nH]ccc2c1)[C@@H](O)Cc1ccccc1. The molecule has 0 spiro atoms. The van der Waals surface area contributed by atoms with Crippen molar-refractivity contribution in [1.29, 1.82) is 0 Å².